The van der Waals surface area contributed by atoms with Crippen LogP contribution in [-0.4, -0.2) is 25.8 Å². The zero-order valence-corrected chi connectivity index (χ0v) is 13.1. The number of halogens is 1. The number of hydrogen-bond donors (Lipinski definition) is 1. The summed E-state index contributed by atoms with van der Waals surface area (Å²) in [5.74, 6) is 1.41. The van der Waals surface area contributed by atoms with Crippen LogP contribution in [0.2, 0.25) is 5.02 Å². The second-order valence-electron chi connectivity index (χ2n) is 5.05. The molecule has 1 aliphatic heterocycles. The maximum atomic E-state index is 6.29. The van der Waals surface area contributed by atoms with E-state index in [1.807, 2.05) is 12.1 Å². The van der Waals surface area contributed by atoms with E-state index < -0.39 is 0 Å². The monoisotopic (exact) mass is 295 g/mol. The summed E-state index contributed by atoms with van der Waals surface area (Å²) in [6.07, 6.45) is 3.01. The Morgan fingerprint density at radius 1 is 1.40 bits per heavy atom. The number of ether oxygens (including phenoxy) is 2. The van der Waals surface area contributed by atoms with Crippen molar-refractivity contribution in [3.8, 4) is 11.5 Å². The van der Waals surface area contributed by atoms with Gasteiger partial charge in [-0.1, -0.05) is 30.2 Å². The fourth-order valence-electron chi connectivity index (χ4n) is 2.19. The molecule has 0 fully saturated rings. The zero-order chi connectivity index (χ0) is 14.5. The first-order valence-electron chi connectivity index (χ1n) is 7.12. The van der Waals surface area contributed by atoms with E-state index >= 15 is 0 Å². The summed E-state index contributed by atoms with van der Waals surface area (Å²) >= 11 is 6.29. The molecular formula is C16H22ClNO2. The smallest absolute Gasteiger partial charge is 0.179 e. The van der Waals surface area contributed by atoms with Gasteiger partial charge in [0.15, 0.2) is 11.5 Å². The molecule has 0 amide bonds. The molecule has 1 N–H and O–H groups in total. The topological polar surface area (TPSA) is 30.5 Å². The van der Waals surface area contributed by atoms with E-state index in [2.05, 4.69) is 32.2 Å². The molecule has 0 aliphatic carbocycles. The fraction of sp³-hybridized carbons (Fsp3) is 0.500. The molecular weight excluding hydrogens is 274 g/mol. The lowest BCUT2D eigenvalue weighted by atomic mass is 10.1. The Morgan fingerprint density at radius 2 is 2.15 bits per heavy atom. The van der Waals surface area contributed by atoms with Crippen LogP contribution in [0.3, 0.4) is 0 Å². The standard InChI is InChI=1S/C16H22ClNO2/c1-4-18-12(3)11(2)8-13-9-14(17)16-15(10-13)19-6-5-7-20-16/h8-10,12,18H,4-7H2,1-3H3/b11-8+. The summed E-state index contributed by atoms with van der Waals surface area (Å²) in [4.78, 5) is 0. The molecule has 1 heterocycles. The van der Waals surface area contributed by atoms with Crippen LogP contribution in [0.25, 0.3) is 6.08 Å². The van der Waals surface area contributed by atoms with E-state index in [1.165, 1.54) is 5.57 Å². The zero-order valence-electron chi connectivity index (χ0n) is 12.3. The van der Waals surface area contributed by atoms with Crippen molar-refractivity contribution in [3.05, 3.63) is 28.3 Å². The minimum atomic E-state index is 0.342. The van der Waals surface area contributed by atoms with E-state index in [-0.39, 0.29) is 0 Å². The molecule has 1 aromatic carbocycles. The van der Waals surface area contributed by atoms with Crippen molar-refractivity contribution < 1.29 is 9.47 Å². The van der Waals surface area contributed by atoms with Crippen molar-refractivity contribution in [1.82, 2.24) is 5.32 Å². The van der Waals surface area contributed by atoms with E-state index in [0.29, 0.717) is 30.0 Å². The van der Waals surface area contributed by atoms with Gasteiger partial charge in [-0.25, -0.2) is 0 Å². The molecule has 1 atom stereocenters. The highest BCUT2D eigenvalue weighted by Gasteiger charge is 2.15. The number of benzene rings is 1. The van der Waals surface area contributed by atoms with Gasteiger partial charge in [0.05, 0.1) is 18.2 Å². The van der Waals surface area contributed by atoms with Gasteiger partial charge in [0, 0.05) is 12.5 Å². The largest absolute Gasteiger partial charge is 0.489 e. The normalized spacial score (nSPS) is 16.7. The number of likely N-dealkylation sites (N-methyl/N-ethyl adjacent to an activating group) is 1. The van der Waals surface area contributed by atoms with Crippen molar-refractivity contribution in [2.24, 2.45) is 0 Å². The Kier molecular flexibility index (Phi) is 5.32. The highest BCUT2D eigenvalue weighted by Crippen LogP contribution is 2.38. The van der Waals surface area contributed by atoms with E-state index in [9.17, 15) is 0 Å². The third kappa shape index (κ3) is 3.68. The Balaban J connectivity index is 2.27. The molecule has 0 bridgehead atoms. The van der Waals surface area contributed by atoms with Crippen LogP contribution in [0.5, 0.6) is 11.5 Å². The van der Waals surface area contributed by atoms with Crippen LogP contribution in [0, 0.1) is 0 Å². The predicted octanol–water partition coefficient (Wildman–Crippen LogP) is 3.90. The van der Waals surface area contributed by atoms with Crippen molar-refractivity contribution >= 4 is 17.7 Å². The number of hydrogen-bond acceptors (Lipinski definition) is 3. The van der Waals surface area contributed by atoms with Crippen molar-refractivity contribution in [3.63, 3.8) is 0 Å². The molecule has 0 saturated heterocycles. The minimum absolute atomic E-state index is 0.342. The Hall–Kier alpha value is -1.19. The summed E-state index contributed by atoms with van der Waals surface area (Å²) in [5.41, 5.74) is 2.30. The van der Waals surface area contributed by atoms with Gasteiger partial charge in [0.25, 0.3) is 0 Å². The summed E-state index contributed by atoms with van der Waals surface area (Å²) in [6, 6.07) is 4.26. The Morgan fingerprint density at radius 3 is 2.90 bits per heavy atom. The highest BCUT2D eigenvalue weighted by atomic mass is 35.5. The van der Waals surface area contributed by atoms with Crippen LogP contribution in [0.4, 0.5) is 0 Å². The molecule has 1 aromatic rings. The van der Waals surface area contributed by atoms with Crippen LogP contribution < -0.4 is 14.8 Å². The first-order chi connectivity index (χ1) is 9.61. The average molecular weight is 296 g/mol. The second-order valence-corrected chi connectivity index (χ2v) is 5.46. The summed E-state index contributed by atoms with van der Waals surface area (Å²) in [7, 11) is 0. The lowest BCUT2D eigenvalue weighted by Crippen LogP contribution is -2.26. The number of nitrogens with one attached hydrogen (secondary N) is 1. The van der Waals surface area contributed by atoms with Crippen molar-refractivity contribution in [1.29, 1.82) is 0 Å². The molecule has 0 spiro atoms. The van der Waals surface area contributed by atoms with Crippen LogP contribution in [0.1, 0.15) is 32.8 Å². The molecule has 4 heteroatoms. The van der Waals surface area contributed by atoms with Crippen molar-refractivity contribution in [2.75, 3.05) is 19.8 Å². The first-order valence-corrected chi connectivity index (χ1v) is 7.50. The first kappa shape index (κ1) is 15.2. The average Bonchev–Trinajstić information content (AvgIpc) is 2.64. The van der Waals surface area contributed by atoms with Crippen LogP contribution >= 0.6 is 11.6 Å². The molecule has 20 heavy (non-hydrogen) atoms. The van der Waals surface area contributed by atoms with Gasteiger partial charge in [-0.2, -0.15) is 0 Å². The summed E-state index contributed by atoms with van der Waals surface area (Å²) in [5, 5.41) is 4.01. The lowest BCUT2D eigenvalue weighted by molar-refractivity contribution is 0.297. The predicted molar refractivity (Wildman–Crippen MR) is 83.8 cm³/mol. The Bertz CT molecular complexity index is 499. The van der Waals surface area contributed by atoms with Gasteiger partial charge in [0.1, 0.15) is 0 Å². The van der Waals surface area contributed by atoms with E-state index in [4.69, 9.17) is 21.1 Å². The van der Waals surface area contributed by atoms with Gasteiger partial charge < -0.3 is 14.8 Å². The molecule has 1 aliphatic rings. The number of rotatable bonds is 4. The fourth-order valence-corrected chi connectivity index (χ4v) is 2.46. The van der Waals surface area contributed by atoms with Gasteiger partial charge in [-0.15, -0.1) is 0 Å². The SMILES string of the molecule is CCNC(C)/C(C)=C/c1cc(Cl)c2c(c1)OCCCO2. The van der Waals surface area contributed by atoms with Crippen LogP contribution in [0.15, 0.2) is 17.7 Å². The third-order valence-corrected chi connectivity index (χ3v) is 3.69. The highest BCUT2D eigenvalue weighted by molar-refractivity contribution is 6.32. The molecule has 3 nitrogen and oxygen atoms in total. The lowest BCUT2D eigenvalue weighted by Gasteiger charge is -2.14. The maximum Gasteiger partial charge on any atom is 0.179 e. The molecule has 0 radical (unpaired) electrons. The van der Waals surface area contributed by atoms with Gasteiger partial charge in [0.2, 0.25) is 0 Å². The quantitative estimate of drug-likeness (QED) is 0.914. The van der Waals surface area contributed by atoms with Crippen LogP contribution in [-0.2, 0) is 0 Å². The summed E-state index contributed by atoms with van der Waals surface area (Å²) in [6.45, 7) is 8.65. The molecule has 2 rings (SSSR count). The van der Waals surface area contributed by atoms with E-state index in [0.717, 1.165) is 24.3 Å². The van der Waals surface area contributed by atoms with E-state index in [1.54, 1.807) is 0 Å². The number of fused-ring (bicyclic) bond motifs is 1. The Labute approximate surface area is 125 Å². The second kappa shape index (κ2) is 7.00. The van der Waals surface area contributed by atoms with Crippen molar-refractivity contribution in [2.45, 2.75) is 33.2 Å². The minimum Gasteiger partial charge on any atom is -0.489 e. The van der Waals surface area contributed by atoms with Gasteiger partial charge in [-0.3, -0.25) is 0 Å². The molecule has 1 unspecified atom stereocenters. The van der Waals surface area contributed by atoms with Gasteiger partial charge in [-0.05, 0) is 38.1 Å². The van der Waals surface area contributed by atoms with Gasteiger partial charge >= 0.3 is 0 Å². The molecule has 0 aromatic heterocycles. The molecule has 0 saturated carbocycles. The molecule has 110 valence electrons. The maximum absolute atomic E-state index is 6.29. The summed E-state index contributed by atoms with van der Waals surface area (Å²) < 4.78 is 11.3. The third-order valence-electron chi connectivity index (χ3n) is 3.41.